The Balaban J connectivity index is 2.76. The van der Waals surface area contributed by atoms with Crippen molar-refractivity contribution in [2.45, 2.75) is 17.4 Å². The Hall–Kier alpha value is -1.22. The van der Waals surface area contributed by atoms with E-state index in [0.717, 1.165) is 0 Å². The number of aromatic nitrogens is 1. The fraction of sp³-hybridized carbons (Fsp3) is 0.400. The van der Waals surface area contributed by atoms with E-state index in [0.29, 0.717) is 0 Å². The van der Waals surface area contributed by atoms with Crippen LogP contribution in [0.2, 0.25) is 5.15 Å². The average Bonchev–Trinajstić information content (AvgIpc) is 2.34. The molecule has 1 atom stereocenters. The zero-order valence-electron chi connectivity index (χ0n) is 10.0. The highest BCUT2D eigenvalue weighted by molar-refractivity contribution is 7.89. The minimum absolute atomic E-state index is 0.151. The van der Waals surface area contributed by atoms with Crippen LogP contribution in [-0.4, -0.2) is 44.2 Å². The van der Waals surface area contributed by atoms with Gasteiger partial charge in [-0.1, -0.05) is 11.6 Å². The Bertz CT molecular complexity index is 549. The lowest BCUT2D eigenvalue weighted by atomic mass is 10.2. The first kappa shape index (κ1) is 15.8. The topological polar surface area (TPSA) is 106 Å². The first-order valence-electron chi connectivity index (χ1n) is 5.21. The molecule has 1 rings (SSSR count). The SMILES string of the molecule is COC(CNS(=O)(=O)c1cccnc1Cl)CC(=O)O. The smallest absolute Gasteiger partial charge is 0.306 e. The van der Waals surface area contributed by atoms with Crippen molar-refractivity contribution in [1.82, 2.24) is 9.71 Å². The molecule has 0 saturated carbocycles. The van der Waals surface area contributed by atoms with Gasteiger partial charge in [-0.25, -0.2) is 18.1 Å². The van der Waals surface area contributed by atoms with Gasteiger partial charge in [0, 0.05) is 19.9 Å². The fourth-order valence-electron chi connectivity index (χ4n) is 1.29. The summed E-state index contributed by atoms with van der Waals surface area (Å²) in [4.78, 5) is 14.0. The summed E-state index contributed by atoms with van der Waals surface area (Å²) >= 11 is 5.69. The molecule has 0 fully saturated rings. The molecule has 0 bridgehead atoms. The van der Waals surface area contributed by atoms with Gasteiger partial charge in [-0.2, -0.15) is 0 Å². The van der Waals surface area contributed by atoms with Crippen molar-refractivity contribution in [3.63, 3.8) is 0 Å². The highest BCUT2D eigenvalue weighted by atomic mass is 35.5. The third kappa shape index (κ3) is 4.75. The summed E-state index contributed by atoms with van der Waals surface area (Å²) in [6, 6.07) is 2.74. The third-order valence-corrected chi connectivity index (χ3v) is 4.12. The van der Waals surface area contributed by atoms with E-state index in [4.69, 9.17) is 21.4 Å². The van der Waals surface area contributed by atoms with Gasteiger partial charge in [-0.3, -0.25) is 4.79 Å². The second-order valence-electron chi connectivity index (χ2n) is 3.60. The van der Waals surface area contributed by atoms with Crippen LogP contribution in [0.4, 0.5) is 0 Å². The van der Waals surface area contributed by atoms with Crippen LogP contribution in [-0.2, 0) is 19.6 Å². The molecule has 19 heavy (non-hydrogen) atoms. The first-order chi connectivity index (χ1) is 8.86. The van der Waals surface area contributed by atoms with Gasteiger partial charge in [0.05, 0.1) is 12.5 Å². The number of nitrogens with one attached hydrogen (secondary N) is 1. The minimum Gasteiger partial charge on any atom is -0.481 e. The molecule has 1 aromatic heterocycles. The maximum absolute atomic E-state index is 11.9. The number of methoxy groups -OCH3 is 1. The van der Waals surface area contributed by atoms with Crippen LogP contribution < -0.4 is 4.72 Å². The summed E-state index contributed by atoms with van der Waals surface area (Å²) in [5.74, 6) is -1.08. The van der Waals surface area contributed by atoms with Crippen LogP contribution in [0.1, 0.15) is 6.42 Å². The molecule has 1 unspecified atom stereocenters. The summed E-state index contributed by atoms with van der Waals surface area (Å²) in [5, 5.41) is 8.47. The van der Waals surface area contributed by atoms with Crippen molar-refractivity contribution in [3.05, 3.63) is 23.5 Å². The van der Waals surface area contributed by atoms with Crippen molar-refractivity contribution in [1.29, 1.82) is 0 Å². The maximum Gasteiger partial charge on any atom is 0.306 e. The number of carboxylic acids is 1. The van der Waals surface area contributed by atoms with E-state index in [-0.39, 0.29) is 23.0 Å². The number of carboxylic acid groups (broad SMARTS) is 1. The normalized spacial score (nSPS) is 13.2. The van der Waals surface area contributed by atoms with E-state index in [1.165, 1.54) is 25.4 Å². The molecular weight excluding hydrogens is 296 g/mol. The highest BCUT2D eigenvalue weighted by Crippen LogP contribution is 2.17. The van der Waals surface area contributed by atoms with Gasteiger partial charge >= 0.3 is 5.97 Å². The van der Waals surface area contributed by atoms with Gasteiger partial charge in [0.1, 0.15) is 10.0 Å². The second-order valence-corrected chi connectivity index (χ2v) is 5.69. The van der Waals surface area contributed by atoms with Crippen LogP contribution in [0, 0.1) is 0 Å². The monoisotopic (exact) mass is 308 g/mol. The molecule has 0 aliphatic carbocycles. The largest absolute Gasteiger partial charge is 0.481 e. The molecule has 106 valence electrons. The van der Waals surface area contributed by atoms with Crippen molar-refractivity contribution in [3.8, 4) is 0 Å². The van der Waals surface area contributed by atoms with E-state index >= 15 is 0 Å². The Labute approximate surface area is 115 Å². The Morgan fingerprint density at radius 2 is 2.32 bits per heavy atom. The Kier molecular flexibility index (Phi) is 5.67. The van der Waals surface area contributed by atoms with Gasteiger partial charge in [0.25, 0.3) is 0 Å². The van der Waals surface area contributed by atoms with Gasteiger partial charge in [-0.05, 0) is 12.1 Å². The van der Waals surface area contributed by atoms with E-state index in [2.05, 4.69) is 9.71 Å². The molecule has 0 radical (unpaired) electrons. The average molecular weight is 309 g/mol. The zero-order chi connectivity index (χ0) is 14.5. The number of hydrogen-bond acceptors (Lipinski definition) is 5. The number of carbonyl (C=O) groups is 1. The van der Waals surface area contributed by atoms with Gasteiger partial charge in [0.15, 0.2) is 0 Å². The molecule has 7 nitrogen and oxygen atoms in total. The molecule has 0 spiro atoms. The number of ether oxygens (including phenoxy) is 1. The van der Waals surface area contributed by atoms with Crippen molar-refractivity contribution in [2.75, 3.05) is 13.7 Å². The summed E-state index contributed by atoms with van der Waals surface area (Å²) < 4.78 is 30.9. The van der Waals surface area contributed by atoms with Crippen LogP contribution in [0.25, 0.3) is 0 Å². The molecule has 2 N–H and O–H groups in total. The summed E-state index contributed by atoms with van der Waals surface area (Å²) in [6.07, 6.45) is 0.298. The number of hydrogen-bond donors (Lipinski definition) is 2. The lowest BCUT2D eigenvalue weighted by molar-refractivity contribution is -0.139. The number of sulfonamides is 1. The minimum atomic E-state index is -3.85. The third-order valence-electron chi connectivity index (χ3n) is 2.25. The Morgan fingerprint density at radius 1 is 1.63 bits per heavy atom. The lowest BCUT2D eigenvalue weighted by Crippen LogP contribution is -2.34. The van der Waals surface area contributed by atoms with Crippen LogP contribution in [0.5, 0.6) is 0 Å². The molecule has 1 heterocycles. The molecule has 0 aromatic carbocycles. The first-order valence-corrected chi connectivity index (χ1v) is 7.07. The Morgan fingerprint density at radius 3 is 2.84 bits per heavy atom. The quantitative estimate of drug-likeness (QED) is 0.711. The van der Waals surface area contributed by atoms with Gasteiger partial charge in [-0.15, -0.1) is 0 Å². The molecule has 9 heteroatoms. The van der Waals surface area contributed by atoms with Crippen LogP contribution in [0.3, 0.4) is 0 Å². The molecule has 0 aliphatic rings. The summed E-state index contributed by atoms with van der Waals surface area (Å²) in [5.41, 5.74) is 0. The molecular formula is C10H13ClN2O5S. The number of aliphatic carboxylic acids is 1. The molecule has 1 aromatic rings. The number of nitrogens with zero attached hydrogens (tertiary/aromatic N) is 1. The van der Waals surface area contributed by atoms with Crippen LogP contribution >= 0.6 is 11.6 Å². The molecule has 0 aliphatic heterocycles. The maximum atomic E-state index is 11.9. The van der Waals surface area contributed by atoms with E-state index in [9.17, 15) is 13.2 Å². The van der Waals surface area contributed by atoms with Crippen molar-refractivity contribution < 1.29 is 23.1 Å². The number of pyridine rings is 1. The second kappa shape index (κ2) is 6.80. The summed E-state index contributed by atoms with van der Waals surface area (Å²) in [6.45, 7) is -0.170. The predicted molar refractivity (Wildman–Crippen MR) is 67.5 cm³/mol. The van der Waals surface area contributed by atoms with Gasteiger partial charge in [0.2, 0.25) is 10.0 Å². The number of rotatable bonds is 7. The van der Waals surface area contributed by atoms with E-state index < -0.39 is 22.1 Å². The van der Waals surface area contributed by atoms with Crippen LogP contribution in [0.15, 0.2) is 23.2 Å². The summed E-state index contributed by atoms with van der Waals surface area (Å²) in [7, 11) is -2.54. The van der Waals surface area contributed by atoms with E-state index in [1.807, 2.05) is 0 Å². The zero-order valence-corrected chi connectivity index (χ0v) is 11.6. The highest BCUT2D eigenvalue weighted by Gasteiger charge is 2.21. The standard InChI is InChI=1S/C10H13ClN2O5S/c1-18-7(5-9(14)15)6-13-19(16,17)8-3-2-4-12-10(8)11/h2-4,7,13H,5-6H2,1H3,(H,14,15). The molecule has 0 amide bonds. The van der Waals surface area contributed by atoms with E-state index in [1.54, 1.807) is 0 Å². The van der Waals surface area contributed by atoms with Crippen molar-refractivity contribution >= 4 is 27.6 Å². The predicted octanol–water partition coefficient (Wildman–Crippen LogP) is 0.503. The molecule has 0 saturated heterocycles. The fourth-order valence-corrected chi connectivity index (χ4v) is 2.80. The number of halogens is 1. The lowest BCUT2D eigenvalue weighted by Gasteiger charge is -2.14. The van der Waals surface area contributed by atoms with Crippen molar-refractivity contribution in [2.24, 2.45) is 0 Å². The van der Waals surface area contributed by atoms with Gasteiger partial charge < -0.3 is 9.84 Å².